The van der Waals surface area contributed by atoms with Crippen molar-refractivity contribution >= 4 is 0 Å². The molecule has 0 saturated carbocycles. The van der Waals surface area contributed by atoms with Gasteiger partial charge in [0.2, 0.25) is 0 Å². The SMILES string of the molecule is FC(F)(F)Cc1ccc(C2CNC2)cc1. The van der Waals surface area contributed by atoms with E-state index in [1.54, 1.807) is 24.3 Å². The van der Waals surface area contributed by atoms with Crippen LogP contribution in [0.4, 0.5) is 13.2 Å². The summed E-state index contributed by atoms with van der Waals surface area (Å²) >= 11 is 0. The van der Waals surface area contributed by atoms with Crippen LogP contribution in [0, 0.1) is 0 Å². The third-order valence-electron chi connectivity index (χ3n) is 2.64. The van der Waals surface area contributed by atoms with Crippen LogP contribution in [0.25, 0.3) is 0 Å². The Kier molecular flexibility index (Phi) is 2.69. The minimum absolute atomic E-state index is 0.332. The van der Waals surface area contributed by atoms with Gasteiger partial charge in [-0.15, -0.1) is 0 Å². The number of nitrogens with one attached hydrogen (secondary N) is 1. The average molecular weight is 215 g/mol. The van der Waals surface area contributed by atoms with Crippen molar-refractivity contribution in [3.8, 4) is 0 Å². The molecule has 0 unspecified atom stereocenters. The number of rotatable bonds is 2. The first-order chi connectivity index (χ1) is 7.04. The van der Waals surface area contributed by atoms with E-state index in [0.717, 1.165) is 18.7 Å². The average Bonchev–Trinajstić information content (AvgIpc) is 2.02. The Morgan fingerprint density at radius 3 is 2.13 bits per heavy atom. The van der Waals surface area contributed by atoms with Crippen LogP contribution in [-0.2, 0) is 6.42 Å². The summed E-state index contributed by atoms with van der Waals surface area (Å²) in [5.41, 5.74) is 1.46. The predicted molar refractivity (Wildman–Crippen MR) is 51.8 cm³/mol. The van der Waals surface area contributed by atoms with E-state index in [9.17, 15) is 13.2 Å². The molecule has 4 heteroatoms. The second-order valence-corrected chi connectivity index (χ2v) is 3.89. The van der Waals surface area contributed by atoms with E-state index < -0.39 is 12.6 Å². The first-order valence-electron chi connectivity index (χ1n) is 4.91. The largest absolute Gasteiger partial charge is 0.393 e. The van der Waals surface area contributed by atoms with Gasteiger partial charge in [-0.1, -0.05) is 24.3 Å². The Hall–Kier alpha value is -1.03. The van der Waals surface area contributed by atoms with Crippen LogP contribution in [-0.4, -0.2) is 19.3 Å². The van der Waals surface area contributed by atoms with Crippen molar-refractivity contribution in [3.05, 3.63) is 35.4 Å². The summed E-state index contributed by atoms with van der Waals surface area (Å²) < 4.78 is 36.2. The standard InChI is InChI=1S/C11H12F3N/c12-11(13,14)5-8-1-3-9(4-2-8)10-6-15-7-10/h1-4,10,15H,5-7H2. The summed E-state index contributed by atoms with van der Waals surface area (Å²) in [6.45, 7) is 1.86. The number of halogens is 3. The second kappa shape index (κ2) is 3.85. The summed E-state index contributed by atoms with van der Waals surface area (Å²) in [5.74, 6) is 0.477. The van der Waals surface area contributed by atoms with E-state index in [1.807, 2.05) is 0 Å². The summed E-state index contributed by atoms with van der Waals surface area (Å²) in [5, 5.41) is 3.13. The number of alkyl halides is 3. The second-order valence-electron chi connectivity index (χ2n) is 3.89. The first-order valence-corrected chi connectivity index (χ1v) is 4.91. The molecule has 0 amide bonds. The van der Waals surface area contributed by atoms with Gasteiger partial charge in [-0.05, 0) is 11.1 Å². The van der Waals surface area contributed by atoms with E-state index in [1.165, 1.54) is 0 Å². The van der Waals surface area contributed by atoms with Crippen molar-refractivity contribution in [2.75, 3.05) is 13.1 Å². The normalized spacial score (nSPS) is 17.5. The van der Waals surface area contributed by atoms with Crippen molar-refractivity contribution in [2.24, 2.45) is 0 Å². The molecule has 1 saturated heterocycles. The number of benzene rings is 1. The van der Waals surface area contributed by atoms with Crippen LogP contribution >= 0.6 is 0 Å². The highest BCUT2D eigenvalue weighted by atomic mass is 19.4. The third-order valence-corrected chi connectivity index (χ3v) is 2.64. The van der Waals surface area contributed by atoms with E-state index in [2.05, 4.69) is 5.32 Å². The van der Waals surface area contributed by atoms with Gasteiger partial charge in [0.25, 0.3) is 0 Å². The molecule has 1 fully saturated rings. The molecule has 1 aromatic carbocycles. The Morgan fingerprint density at radius 1 is 1.13 bits per heavy atom. The van der Waals surface area contributed by atoms with E-state index in [4.69, 9.17) is 0 Å². The molecule has 82 valence electrons. The maximum absolute atomic E-state index is 12.1. The molecule has 0 aliphatic carbocycles. The molecule has 0 bridgehead atoms. The summed E-state index contributed by atoms with van der Waals surface area (Å²) in [6.07, 6.45) is -4.95. The molecule has 0 spiro atoms. The van der Waals surface area contributed by atoms with Crippen molar-refractivity contribution < 1.29 is 13.2 Å². The van der Waals surface area contributed by atoms with Crippen LogP contribution in [0.5, 0.6) is 0 Å². The highest BCUT2D eigenvalue weighted by Gasteiger charge is 2.27. The topological polar surface area (TPSA) is 12.0 Å². The van der Waals surface area contributed by atoms with Gasteiger partial charge in [0.05, 0.1) is 6.42 Å². The Labute approximate surface area is 86.3 Å². The lowest BCUT2D eigenvalue weighted by molar-refractivity contribution is -0.127. The van der Waals surface area contributed by atoms with Gasteiger partial charge in [0.1, 0.15) is 0 Å². The molecular formula is C11H12F3N. The minimum Gasteiger partial charge on any atom is -0.315 e. The van der Waals surface area contributed by atoms with Gasteiger partial charge in [0, 0.05) is 19.0 Å². The summed E-state index contributed by atoms with van der Waals surface area (Å²) in [4.78, 5) is 0. The summed E-state index contributed by atoms with van der Waals surface area (Å²) in [6, 6.07) is 6.74. The van der Waals surface area contributed by atoms with Gasteiger partial charge in [-0.2, -0.15) is 13.2 Å². The molecule has 1 aliphatic rings. The third kappa shape index (κ3) is 2.72. The smallest absolute Gasteiger partial charge is 0.315 e. The van der Waals surface area contributed by atoms with E-state index in [-0.39, 0.29) is 0 Å². The number of hydrogen-bond donors (Lipinski definition) is 1. The predicted octanol–water partition coefficient (Wildman–Crippen LogP) is 2.48. The van der Waals surface area contributed by atoms with Crippen LogP contribution < -0.4 is 5.32 Å². The Morgan fingerprint density at radius 2 is 1.73 bits per heavy atom. The molecule has 1 heterocycles. The van der Waals surface area contributed by atoms with Gasteiger partial charge >= 0.3 is 6.18 Å². The molecule has 1 N–H and O–H groups in total. The quantitative estimate of drug-likeness (QED) is 0.799. The van der Waals surface area contributed by atoms with Crippen LogP contribution in [0.1, 0.15) is 17.0 Å². The zero-order chi connectivity index (χ0) is 10.9. The van der Waals surface area contributed by atoms with Crippen molar-refractivity contribution in [1.82, 2.24) is 5.32 Å². The fourth-order valence-electron chi connectivity index (χ4n) is 1.66. The van der Waals surface area contributed by atoms with Gasteiger partial charge in [-0.3, -0.25) is 0 Å². The van der Waals surface area contributed by atoms with Crippen molar-refractivity contribution in [2.45, 2.75) is 18.5 Å². The molecule has 1 aliphatic heterocycles. The Balaban J connectivity index is 2.03. The Bertz CT molecular complexity index is 325. The molecule has 1 aromatic rings. The zero-order valence-electron chi connectivity index (χ0n) is 8.14. The van der Waals surface area contributed by atoms with Crippen LogP contribution in [0.3, 0.4) is 0 Å². The fourth-order valence-corrected chi connectivity index (χ4v) is 1.66. The monoisotopic (exact) mass is 215 g/mol. The lowest BCUT2D eigenvalue weighted by atomic mass is 9.93. The maximum atomic E-state index is 12.1. The molecule has 0 aromatic heterocycles. The maximum Gasteiger partial charge on any atom is 0.393 e. The fraction of sp³-hybridized carbons (Fsp3) is 0.455. The van der Waals surface area contributed by atoms with E-state index in [0.29, 0.717) is 11.5 Å². The molecule has 0 radical (unpaired) electrons. The van der Waals surface area contributed by atoms with Gasteiger partial charge in [0.15, 0.2) is 0 Å². The lowest BCUT2D eigenvalue weighted by Gasteiger charge is -2.27. The zero-order valence-corrected chi connectivity index (χ0v) is 8.14. The van der Waals surface area contributed by atoms with Crippen LogP contribution in [0.2, 0.25) is 0 Å². The van der Waals surface area contributed by atoms with Crippen LogP contribution in [0.15, 0.2) is 24.3 Å². The van der Waals surface area contributed by atoms with Crippen molar-refractivity contribution in [3.63, 3.8) is 0 Å². The minimum atomic E-state index is -4.11. The molecular weight excluding hydrogens is 203 g/mol. The number of hydrogen-bond acceptors (Lipinski definition) is 1. The molecule has 1 nitrogen and oxygen atoms in total. The van der Waals surface area contributed by atoms with Gasteiger partial charge in [-0.25, -0.2) is 0 Å². The van der Waals surface area contributed by atoms with Gasteiger partial charge < -0.3 is 5.32 Å². The highest BCUT2D eigenvalue weighted by molar-refractivity contribution is 5.27. The molecule has 15 heavy (non-hydrogen) atoms. The first kappa shape index (κ1) is 10.5. The lowest BCUT2D eigenvalue weighted by Crippen LogP contribution is -2.39. The van der Waals surface area contributed by atoms with Crippen molar-refractivity contribution in [1.29, 1.82) is 0 Å². The summed E-state index contributed by atoms with van der Waals surface area (Å²) in [7, 11) is 0. The van der Waals surface area contributed by atoms with E-state index >= 15 is 0 Å². The molecule has 0 atom stereocenters. The highest BCUT2D eigenvalue weighted by Crippen LogP contribution is 2.24. The molecule has 2 rings (SSSR count).